The third-order valence-corrected chi connectivity index (χ3v) is 4.47. The minimum atomic E-state index is -0.578. The van der Waals surface area contributed by atoms with Gasteiger partial charge in [0, 0.05) is 52.1 Å². The third kappa shape index (κ3) is 6.43. The van der Waals surface area contributed by atoms with E-state index in [1.165, 1.54) is 6.08 Å². The summed E-state index contributed by atoms with van der Waals surface area (Å²) in [6.45, 7) is 8.75. The van der Waals surface area contributed by atoms with Gasteiger partial charge in [0.05, 0.1) is 6.04 Å². The fraction of sp³-hybridized carbons (Fsp3) is 0.318. The van der Waals surface area contributed by atoms with Gasteiger partial charge in [-0.05, 0) is 35.3 Å². The van der Waals surface area contributed by atoms with Crippen molar-refractivity contribution in [2.45, 2.75) is 18.9 Å². The summed E-state index contributed by atoms with van der Waals surface area (Å²) in [5, 5.41) is 2.68. The molecule has 2 heterocycles. The summed E-state index contributed by atoms with van der Waals surface area (Å²) < 4.78 is 0. The number of anilines is 1. The Labute approximate surface area is 172 Å². The number of hydrogen-bond donors (Lipinski definition) is 2. The molecule has 1 unspecified atom stereocenters. The van der Waals surface area contributed by atoms with E-state index < -0.39 is 6.04 Å². The fourth-order valence-electron chi connectivity index (χ4n) is 3.02. The van der Waals surface area contributed by atoms with Crippen LogP contribution >= 0.6 is 0 Å². The molecule has 7 heteroatoms. The molecule has 0 aromatic carbocycles. The lowest BCUT2D eigenvalue weighted by molar-refractivity contribution is -0.124. The second kappa shape index (κ2) is 10.4. The number of nitrogens with zero attached hydrogens (tertiary/aromatic N) is 3. The van der Waals surface area contributed by atoms with Gasteiger partial charge in [-0.25, -0.2) is 4.98 Å². The van der Waals surface area contributed by atoms with Gasteiger partial charge < -0.3 is 20.9 Å². The summed E-state index contributed by atoms with van der Waals surface area (Å²) in [4.78, 5) is 32.0. The Morgan fingerprint density at radius 2 is 2.14 bits per heavy atom. The zero-order valence-electron chi connectivity index (χ0n) is 17.1. The summed E-state index contributed by atoms with van der Waals surface area (Å²) in [5.74, 6) is 0.182. The topological polar surface area (TPSA) is 91.6 Å². The van der Waals surface area contributed by atoms with Crippen molar-refractivity contribution in [3.05, 3.63) is 66.5 Å². The second-order valence-electron chi connectivity index (χ2n) is 7.11. The molecule has 0 radical (unpaired) electrons. The second-order valence-corrected chi connectivity index (χ2v) is 7.11. The zero-order valence-corrected chi connectivity index (χ0v) is 17.1. The van der Waals surface area contributed by atoms with E-state index in [9.17, 15) is 9.59 Å². The van der Waals surface area contributed by atoms with E-state index in [1.807, 2.05) is 36.4 Å². The summed E-state index contributed by atoms with van der Waals surface area (Å²) in [7, 11) is 3.72. The van der Waals surface area contributed by atoms with Crippen LogP contribution in [0.3, 0.4) is 0 Å². The predicted molar refractivity (Wildman–Crippen MR) is 117 cm³/mol. The predicted octanol–water partition coefficient (Wildman–Crippen LogP) is 1.95. The van der Waals surface area contributed by atoms with Crippen molar-refractivity contribution in [3.63, 3.8) is 0 Å². The lowest BCUT2D eigenvalue weighted by Crippen LogP contribution is -2.41. The Morgan fingerprint density at radius 3 is 2.83 bits per heavy atom. The number of likely N-dealkylation sites (N-methyl/N-ethyl adjacent to an activating group) is 2. The molecule has 2 rings (SSSR count). The molecule has 1 aliphatic heterocycles. The molecule has 2 amide bonds. The molecule has 0 spiro atoms. The Hall–Kier alpha value is -3.19. The molecular formula is C22H29N5O2. The van der Waals surface area contributed by atoms with Gasteiger partial charge in [0.25, 0.3) is 0 Å². The average Bonchev–Trinajstić information content (AvgIpc) is 2.67. The van der Waals surface area contributed by atoms with Crippen LogP contribution in [0, 0.1) is 0 Å². The maximum atomic E-state index is 12.5. The van der Waals surface area contributed by atoms with Gasteiger partial charge >= 0.3 is 0 Å². The molecule has 1 atom stereocenters. The van der Waals surface area contributed by atoms with Gasteiger partial charge in [-0.1, -0.05) is 12.2 Å². The van der Waals surface area contributed by atoms with Gasteiger partial charge in [-0.3, -0.25) is 9.59 Å². The molecule has 3 N–H and O–H groups in total. The molecule has 0 fully saturated rings. The van der Waals surface area contributed by atoms with Crippen molar-refractivity contribution >= 4 is 23.7 Å². The van der Waals surface area contributed by atoms with E-state index in [0.29, 0.717) is 25.2 Å². The number of hydrogen-bond acceptors (Lipinski definition) is 5. The third-order valence-electron chi connectivity index (χ3n) is 4.47. The first kappa shape index (κ1) is 22.1. The Kier molecular flexibility index (Phi) is 7.91. The van der Waals surface area contributed by atoms with Crippen molar-refractivity contribution in [2.75, 3.05) is 32.5 Å². The molecule has 0 bridgehead atoms. The molecule has 29 heavy (non-hydrogen) atoms. The highest BCUT2D eigenvalue weighted by atomic mass is 16.2. The van der Waals surface area contributed by atoms with Crippen LogP contribution in [-0.4, -0.2) is 59.8 Å². The molecule has 0 saturated heterocycles. The van der Waals surface area contributed by atoms with Crippen molar-refractivity contribution in [1.82, 2.24) is 14.8 Å². The number of pyridine rings is 1. The first-order valence-electron chi connectivity index (χ1n) is 9.44. The number of carbonyl (C=O) groups excluding carboxylic acids is 2. The average molecular weight is 396 g/mol. The monoisotopic (exact) mass is 395 g/mol. The highest BCUT2D eigenvalue weighted by Crippen LogP contribution is 2.21. The number of allylic oxidation sites excluding steroid dienone is 1. The van der Waals surface area contributed by atoms with E-state index in [4.69, 9.17) is 5.73 Å². The number of rotatable bonds is 9. The van der Waals surface area contributed by atoms with E-state index in [2.05, 4.69) is 23.5 Å². The van der Waals surface area contributed by atoms with Gasteiger partial charge in [-0.15, -0.1) is 13.2 Å². The van der Waals surface area contributed by atoms with Crippen LogP contribution in [0.15, 0.2) is 55.4 Å². The van der Waals surface area contributed by atoms with Crippen molar-refractivity contribution in [3.8, 4) is 0 Å². The van der Waals surface area contributed by atoms with Crippen LogP contribution in [0.4, 0.5) is 5.82 Å². The minimum Gasteiger partial charge on any atom is -0.377 e. The summed E-state index contributed by atoms with van der Waals surface area (Å²) >= 11 is 0. The number of nitrogens with one attached hydrogen (secondary N) is 1. The molecule has 1 aliphatic rings. The summed E-state index contributed by atoms with van der Waals surface area (Å²) in [5.41, 5.74) is 8.51. The number of fused-ring (bicyclic) bond motifs is 1. The molecular weight excluding hydrogens is 366 g/mol. The number of carbonyl (C=O) groups is 2. The summed E-state index contributed by atoms with van der Waals surface area (Å²) in [6.07, 6.45) is 11.6. The largest absolute Gasteiger partial charge is 0.377 e. The van der Waals surface area contributed by atoms with E-state index >= 15 is 0 Å². The number of aromatic nitrogens is 1. The van der Waals surface area contributed by atoms with Crippen molar-refractivity contribution in [1.29, 1.82) is 0 Å². The standard InChI is InChI=1S/C22H29N5O2/c1-5-7-17(14-26(3)10-6-2)15-27(4)20(28)9-8-16-11-18-12-19(23)22(29)25-21(18)24-13-16/h5-6,8-9,11,13-14,19H,1-2,7,10,12,15,23H2,3-4H3,(H,24,25,29)/b9-8+,17-14+. The van der Waals surface area contributed by atoms with Crippen LogP contribution in [0.2, 0.25) is 0 Å². The smallest absolute Gasteiger partial charge is 0.246 e. The van der Waals surface area contributed by atoms with Crippen molar-refractivity contribution in [2.24, 2.45) is 5.73 Å². The maximum Gasteiger partial charge on any atom is 0.246 e. The van der Waals surface area contributed by atoms with E-state index in [0.717, 1.165) is 23.2 Å². The van der Waals surface area contributed by atoms with Gasteiger partial charge in [0.1, 0.15) is 5.82 Å². The summed E-state index contributed by atoms with van der Waals surface area (Å²) in [6, 6.07) is 1.31. The van der Waals surface area contributed by atoms with Crippen LogP contribution in [0.25, 0.3) is 6.08 Å². The lowest BCUT2D eigenvalue weighted by Gasteiger charge is -2.21. The van der Waals surface area contributed by atoms with Gasteiger partial charge in [0.2, 0.25) is 11.8 Å². The molecule has 0 saturated carbocycles. The van der Waals surface area contributed by atoms with Crippen LogP contribution < -0.4 is 11.1 Å². The van der Waals surface area contributed by atoms with Crippen LogP contribution in [0.1, 0.15) is 17.5 Å². The van der Waals surface area contributed by atoms with E-state index in [1.54, 1.807) is 24.2 Å². The number of nitrogens with two attached hydrogens (primary N) is 1. The first-order valence-corrected chi connectivity index (χ1v) is 9.44. The zero-order chi connectivity index (χ0) is 21.4. The quantitative estimate of drug-likeness (QED) is 0.493. The Bertz CT molecular complexity index is 844. The normalized spacial score (nSPS) is 16.2. The van der Waals surface area contributed by atoms with Crippen LogP contribution in [0.5, 0.6) is 0 Å². The molecule has 7 nitrogen and oxygen atoms in total. The van der Waals surface area contributed by atoms with Gasteiger partial charge in [0.15, 0.2) is 0 Å². The van der Waals surface area contributed by atoms with Gasteiger partial charge in [-0.2, -0.15) is 0 Å². The minimum absolute atomic E-state index is 0.117. The Morgan fingerprint density at radius 1 is 1.38 bits per heavy atom. The molecule has 0 aliphatic carbocycles. The lowest BCUT2D eigenvalue weighted by atomic mass is 10.0. The maximum absolute atomic E-state index is 12.5. The SMILES string of the molecule is C=CC/C(=C\N(C)CC=C)CN(C)C(=O)/C=C/c1cnc2c(c1)CC(N)C(=O)N2. The highest BCUT2D eigenvalue weighted by molar-refractivity contribution is 5.97. The fourth-order valence-corrected chi connectivity index (χ4v) is 3.02. The molecule has 1 aromatic heterocycles. The molecule has 154 valence electrons. The first-order chi connectivity index (χ1) is 13.8. The Balaban J connectivity index is 2.04. The van der Waals surface area contributed by atoms with Crippen LogP contribution in [-0.2, 0) is 16.0 Å². The molecule has 1 aromatic rings. The van der Waals surface area contributed by atoms with Crippen molar-refractivity contribution < 1.29 is 9.59 Å². The highest BCUT2D eigenvalue weighted by Gasteiger charge is 2.23. The number of amides is 2. The van der Waals surface area contributed by atoms with E-state index in [-0.39, 0.29) is 11.8 Å².